The SMILES string of the molecule is CCCCOCCCNC(=NC)NCc1scnc1C. The Labute approximate surface area is 125 Å². The maximum atomic E-state index is 5.52. The lowest BCUT2D eigenvalue weighted by molar-refractivity contribution is 0.129. The predicted molar refractivity (Wildman–Crippen MR) is 85.4 cm³/mol. The van der Waals surface area contributed by atoms with E-state index in [1.54, 1.807) is 18.4 Å². The van der Waals surface area contributed by atoms with Crippen LogP contribution in [0.4, 0.5) is 0 Å². The number of hydrogen-bond donors (Lipinski definition) is 2. The summed E-state index contributed by atoms with van der Waals surface area (Å²) >= 11 is 1.67. The van der Waals surface area contributed by atoms with E-state index in [2.05, 4.69) is 27.5 Å². The van der Waals surface area contributed by atoms with Crippen LogP contribution in [0.5, 0.6) is 0 Å². The molecule has 0 aliphatic heterocycles. The van der Waals surface area contributed by atoms with Gasteiger partial charge < -0.3 is 15.4 Å². The summed E-state index contributed by atoms with van der Waals surface area (Å²) in [5.74, 6) is 0.825. The summed E-state index contributed by atoms with van der Waals surface area (Å²) in [6.45, 7) is 7.51. The van der Waals surface area contributed by atoms with E-state index in [1.807, 2.05) is 12.4 Å². The third-order valence-corrected chi connectivity index (χ3v) is 3.82. The first-order valence-corrected chi connectivity index (χ1v) is 8.07. The summed E-state index contributed by atoms with van der Waals surface area (Å²) in [6, 6.07) is 0. The van der Waals surface area contributed by atoms with E-state index < -0.39 is 0 Å². The fourth-order valence-electron chi connectivity index (χ4n) is 1.61. The van der Waals surface area contributed by atoms with Crippen molar-refractivity contribution in [1.82, 2.24) is 15.6 Å². The fourth-order valence-corrected chi connectivity index (χ4v) is 2.33. The van der Waals surface area contributed by atoms with E-state index in [-0.39, 0.29) is 0 Å². The first-order valence-electron chi connectivity index (χ1n) is 7.19. The van der Waals surface area contributed by atoms with Gasteiger partial charge in [0.05, 0.1) is 17.7 Å². The summed E-state index contributed by atoms with van der Waals surface area (Å²) < 4.78 is 5.52. The Balaban J connectivity index is 2.10. The van der Waals surface area contributed by atoms with Gasteiger partial charge in [0, 0.05) is 31.7 Å². The zero-order chi connectivity index (χ0) is 14.6. The van der Waals surface area contributed by atoms with E-state index in [0.717, 1.165) is 50.8 Å². The van der Waals surface area contributed by atoms with Crippen molar-refractivity contribution >= 4 is 17.3 Å². The number of unbranched alkanes of at least 4 members (excludes halogenated alkanes) is 1. The molecule has 0 bridgehead atoms. The Morgan fingerprint density at radius 1 is 1.35 bits per heavy atom. The second-order valence-corrected chi connectivity index (χ2v) is 5.47. The van der Waals surface area contributed by atoms with Gasteiger partial charge in [-0.3, -0.25) is 4.99 Å². The molecule has 0 aliphatic carbocycles. The molecule has 5 nitrogen and oxygen atoms in total. The van der Waals surface area contributed by atoms with Gasteiger partial charge in [-0.2, -0.15) is 0 Å². The molecule has 0 atom stereocenters. The number of aryl methyl sites for hydroxylation is 1. The quantitative estimate of drug-likeness (QED) is 0.417. The molecule has 1 aromatic rings. The second-order valence-electron chi connectivity index (χ2n) is 4.53. The monoisotopic (exact) mass is 298 g/mol. The zero-order valence-corrected chi connectivity index (χ0v) is 13.6. The molecule has 0 aromatic carbocycles. The smallest absolute Gasteiger partial charge is 0.191 e. The molecule has 0 spiro atoms. The number of aliphatic imine (C=N–C) groups is 1. The molecule has 0 saturated heterocycles. The molecule has 0 radical (unpaired) electrons. The highest BCUT2D eigenvalue weighted by molar-refractivity contribution is 7.09. The Morgan fingerprint density at radius 3 is 2.80 bits per heavy atom. The van der Waals surface area contributed by atoms with Crippen LogP contribution in [0.2, 0.25) is 0 Å². The van der Waals surface area contributed by atoms with Crippen molar-refractivity contribution in [2.24, 2.45) is 4.99 Å². The highest BCUT2D eigenvalue weighted by Crippen LogP contribution is 2.10. The zero-order valence-electron chi connectivity index (χ0n) is 12.7. The van der Waals surface area contributed by atoms with Crippen molar-refractivity contribution < 1.29 is 4.74 Å². The lowest BCUT2D eigenvalue weighted by Crippen LogP contribution is -2.37. The number of aromatic nitrogens is 1. The number of nitrogens with zero attached hydrogens (tertiary/aromatic N) is 2. The maximum absolute atomic E-state index is 5.52. The first kappa shape index (κ1) is 16.9. The molecule has 0 saturated carbocycles. The van der Waals surface area contributed by atoms with Crippen LogP contribution in [-0.2, 0) is 11.3 Å². The Morgan fingerprint density at radius 2 is 2.15 bits per heavy atom. The first-order chi connectivity index (χ1) is 9.77. The summed E-state index contributed by atoms with van der Waals surface area (Å²) in [6.07, 6.45) is 3.32. The molecular weight excluding hydrogens is 272 g/mol. The normalized spacial score (nSPS) is 11.7. The molecule has 1 heterocycles. The van der Waals surface area contributed by atoms with E-state index in [1.165, 1.54) is 11.3 Å². The average molecular weight is 298 g/mol. The molecule has 114 valence electrons. The number of ether oxygens (including phenoxy) is 1. The predicted octanol–water partition coefficient (Wildman–Crippen LogP) is 2.32. The van der Waals surface area contributed by atoms with Crippen LogP contribution in [0, 0.1) is 6.92 Å². The minimum absolute atomic E-state index is 0.767. The number of rotatable bonds is 9. The van der Waals surface area contributed by atoms with E-state index in [4.69, 9.17) is 4.74 Å². The van der Waals surface area contributed by atoms with Gasteiger partial charge in [0.25, 0.3) is 0 Å². The van der Waals surface area contributed by atoms with Crippen molar-refractivity contribution in [3.05, 3.63) is 16.1 Å². The molecular formula is C14H26N4OS. The minimum Gasteiger partial charge on any atom is -0.381 e. The van der Waals surface area contributed by atoms with E-state index in [0.29, 0.717) is 0 Å². The largest absolute Gasteiger partial charge is 0.381 e. The van der Waals surface area contributed by atoms with Gasteiger partial charge in [0.2, 0.25) is 0 Å². The number of nitrogens with one attached hydrogen (secondary N) is 2. The molecule has 1 aromatic heterocycles. The number of hydrogen-bond acceptors (Lipinski definition) is 4. The molecule has 0 aliphatic rings. The van der Waals surface area contributed by atoms with Gasteiger partial charge in [0.15, 0.2) is 5.96 Å². The van der Waals surface area contributed by atoms with Crippen molar-refractivity contribution in [3.8, 4) is 0 Å². The van der Waals surface area contributed by atoms with Crippen LogP contribution in [0.25, 0.3) is 0 Å². The van der Waals surface area contributed by atoms with Crippen LogP contribution >= 0.6 is 11.3 Å². The maximum Gasteiger partial charge on any atom is 0.191 e. The van der Waals surface area contributed by atoms with Crippen molar-refractivity contribution in [1.29, 1.82) is 0 Å². The van der Waals surface area contributed by atoms with Gasteiger partial charge in [-0.1, -0.05) is 13.3 Å². The standard InChI is InChI=1S/C14H26N4OS/c1-4-5-8-19-9-6-7-16-14(15-3)17-10-13-12(2)18-11-20-13/h11H,4-10H2,1-3H3,(H2,15,16,17). The summed E-state index contributed by atoms with van der Waals surface area (Å²) in [4.78, 5) is 9.68. The Hall–Kier alpha value is -1.14. The van der Waals surface area contributed by atoms with Crippen molar-refractivity contribution in [2.75, 3.05) is 26.8 Å². The number of guanidine groups is 1. The van der Waals surface area contributed by atoms with Gasteiger partial charge in [0.1, 0.15) is 0 Å². The second kappa shape index (κ2) is 10.6. The molecule has 0 fully saturated rings. The van der Waals surface area contributed by atoms with Crippen LogP contribution in [0.3, 0.4) is 0 Å². The van der Waals surface area contributed by atoms with E-state index >= 15 is 0 Å². The molecule has 6 heteroatoms. The van der Waals surface area contributed by atoms with Gasteiger partial charge >= 0.3 is 0 Å². The molecule has 2 N–H and O–H groups in total. The van der Waals surface area contributed by atoms with Crippen LogP contribution in [0.1, 0.15) is 36.8 Å². The topological polar surface area (TPSA) is 58.5 Å². The lowest BCUT2D eigenvalue weighted by Gasteiger charge is -2.11. The van der Waals surface area contributed by atoms with Gasteiger partial charge in [-0.05, 0) is 19.8 Å². The van der Waals surface area contributed by atoms with Crippen LogP contribution < -0.4 is 10.6 Å². The van der Waals surface area contributed by atoms with Gasteiger partial charge in [-0.25, -0.2) is 4.98 Å². The molecule has 1 rings (SSSR count). The third kappa shape index (κ3) is 6.86. The minimum atomic E-state index is 0.767. The average Bonchev–Trinajstić information content (AvgIpc) is 2.86. The molecule has 20 heavy (non-hydrogen) atoms. The number of thiazole rings is 1. The highest BCUT2D eigenvalue weighted by atomic mass is 32.1. The van der Waals surface area contributed by atoms with Gasteiger partial charge in [-0.15, -0.1) is 11.3 Å². The van der Waals surface area contributed by atoms with Crippen LogP contribution in [0.15, 0.2) is 10.5 Å². The third-order valence-electron chi connectivity index (χ3n) is 2.88. The van der Waals surface area contributed by atoms with Crippen LogP contribution in [-0.4, -0.2) is 37.7 Å². The van der Waals surface area contributed by atoms with E-state index in [9.17, 15) is 0 Å². The fraction of sp³-hybridized carbons (Fsp3) is 0.714. The lowest BCUT2D eigenvalue weighted by atomic mass is 10.4. The molecule has 0 amide bonds. The Bertz CT molecular complexity index is 392. The van der Waals surface area contributed by atoms with Crippen molar-refractivity contribution in [2.45, 2.75) is 39.7 Å². The summed E-state index contributed by atoms with van der Waals surface area (Å²) in [7, 11) is 1.78. The summed E-state index contributed by atoms with van der Waals surface area (Å²) in [5.41, 5.74) is 2.96. The summed E-state index contributed by atoms with van der Waals surface area (Å²) in [5, 5.41) is 6.58. The Kier molecular flexibility index (Phi) is 8.98. The van der Waals surface area contributed by atoms with Crippen molar-refractivity contribution in [3.63, 3.8) is 0 Å². The molecule has 0 unspecified atom stereocenters. The highest BCUT2D eigenvalue weighted by Gasteiger charge is 2.02.